The number of halogens is 3. The third-order valence-electron chi connectivity index (χ3n) is 9.53. The molecule has 6 nitrogen and oxygen atoms in total. The first-order valence-corrected chi connectivity index (χ1v) is 21.3. The maximum absolute atomic E-state index is 8.00. The predicted molar refractivity (Wildman–Crippen MR) is 207 cm³/mol. The zero-order valence-corrected chi connectivity index (χ0v) is 34.1. The maximum atomic E-state index is 8.00. The predicted octanol–water partition coefficient (Wildman–Crippen LogP) is 10.8. The second kappa shape index (κ2) is 22.1. The van der Waals surface area contributed by atoms with Gasteiger partial charge in [0, 0.05) is 61.4 Å². The summed E-state index contributed by atoms with van der Waals surface area (Å²) in [4.78, 5) is 16.7. The van der Waals surface area contributed by atoms with Crippen molar-refractivity contribution in [2.75, 3.05) is 44.7 Å². The summed E-state index contributed by atoms with van der Waals surface area (Å²) in [5, 5.41) is 7.00. The minimum absolute atomic E-state index is 0.780. The standard InChI is InChI=1S/C30H41Br2ClN4S3.C2H6.CH4O.CH2O/c31-25-19-28(38-29(25)33)40-36-15-10-22(11-16-36)5-3-4-21-8-13-35(14-9-21)30-26(32)18-24(20-34-30)39-37-17-12-23-6-1-2-7-27(23)37;3*1-2/h18-23,27H,1-17H2;1-2H3;2H,1H3;1H2. The lowest BCUT2D eigenvalue weighted by Crippen LogP contribution is -2.34. The van der Waals surface area contributed by atoms with Gasteiger partial charge in [-0.1, -0.05) is 57.6 Å². The number of aromatic nitrogens is 1. The van der Waals surface area contributed by atoms with Crippen LogP contribution < -0.4 is 4.90 Å². The zero-order chi connectivity index (χ0) is 33.5. The summed E-state index contributed by atoms with van der Waals surface area (Å²) in [5.41, 5.74) is 0. The van der Waals surface area contributed by atoms with E-state index in [9.17, 15) is 0 Å². The first-order valence-electron chi connectivity index (χ1n) is 17.0. The minimum atomic E-state index is 0.780. The van der Waals surface area contributed by atoms with Crippen LogP contribution in [0.5, 0.6) is 0 Å². The average molecular weight is 841 g/mol. The molecule has 2 unspecified atom stereocenters. The fraction of sp³-hybridized carbons (Fsp3) is 0.706. The lowest BCUT2D eigenvalue weighted by molar-refractivity contribution is -0.0980. The summed E-state index contributed by atoms with van der Waals surface area (Å²) in [6.07, 6.45) is 18.6. The van der Waals surface area contributed by atoms with E-state index in [1.54, 1.807) is 11.3 Å². The van der Waals surface area contributed by atoms with E-state index in [-0.39, 0.29) is 0 Å². The smallest absolute Gasteiger partial charge is 0.142 e. The largest absolute Gasteiger partial charge is 0.400 e. The molecule has 6 rings (SSSR count). The van der Waals surface area contributed by atoms with Crippen molar-refractivity contribution < 1.29 is 9.90 Å². The Kier molecular flexibility index (Phi) is 19.5. The van der Waals surface area contributed by atoms with Gasteiger partial charge >= 0.3 is 0 Å². The summed E-state index contributed by atoms with van der Waals surface area (Å²) < 4.78 is 9.51. The Morgan fingerprint density at radius 1 is 0.891 bits per heavy atom. The molecule has 2 atom stereocenters. The van der Waals surface area contributed by atoms with Crippen LogP contribution in [0.1, 0.15) is 90.9 Å². The van der Waals surface area contributed by atoms with Crippen molar-refractivity contribution in [1.82, 2.24) is 13.6 Å². The van der Waals surface area contributed by atoms with Crippen molar-refractivity contribution >= 4 is 91.3 Å². The van der Waals surface area contributed by atoms with Crippen molar-refractivity contribution in [3.8, 4) is 0 Å². The third-order valence-corrected chi connectivity index (χ3v) is 14.9. The fourth-order valence-electron chi connectivity index (χ4n) is 7.22. The molecule has 0 bridgehead atoms. The molecular formula is C34H53Br2ClN4O2S3. The Morgan fingerprint density at radius 3 is 2.13 bits per heavy atom. The van der Waals surface area contributed by atoms with Crippen molar-refractivity contribution in [2.24, 2.45) is 17.8 Å². The molecule has 3 saturated heterocycles. The number of carbonyl (C=O) groups excluding carboxylic acids is 1. The molecule has 12 heteroatoms. The molecule has 5 heterocycles. The molecule has 46 heavy (non-hydrogen) atoms. The first-order chi connectivity index (χ1) is 22.5. The van der Waals surface area contributed by atoms with Gasteiger partial charge in [-0.15, -0.1) is 11.3 Å². The number of thiophene rings is 1. The monoisotopic (exact) mass is 838 g/mol. The number of pyridine rings is 1. The summed E-state index contributed by atoms with van der Waals surface area (Å²) in [6.45, 7) is 11.9. The van der Waals surface area contributed by atoms with Gasteiger partial charge in [0.1, 0.15) is 16.9 Å². The quantitative estimate of drug-likeness (QED) is 0.251. The zero-order valence-electron chi connectivity index (χ0n) is 27.8. The van der Waals surface area contributed by atoms with E-state index in [1.165, 1.54) is 106 Å². The second-order valence-electron chi connectivity index (χ2n) is 12.1. The van der Waals surface area contributed by atoms with Gasteiger partial charge in [-0.2, -0.15) is 0 Å². The van der Waals surface area contributed by atoms with Gasteiger partial charge in [0.25, 0.3) is 0 Å². The summed E-state index contributed by atoms with van der Waals surface area (Å²) in [7, 11) is 1.00. The molecule has 1 aliphatic carbocycles. The van der Waals surface area contributed by atoms with Gasteiger partial charge in [-0.05, 0) is 131 Å². The highest BCUT2D eigenvalue weighted by Gasteiger charge is 2.36. The van der Waals surface area contributed by atoms with Crippen LogP contribution in [0.3, 0.4) is 0 Å². The molecule has 2 aromatic heterocycles. The van der Waals surface area contributed by atoms with E-state index in [2.05, 4.69) is 63.7 Å². The Balaban J connectivity index is 0.000000908. The summed E-state index contributed by atoms with van der Waals surface area (Å²) >= 11 is 19.1. The maximum Gasteiger partial charge on any atom is 0.142 e. The van der Waals surface area contributed by atoms with E-state index in [0.29, 0.717) is 0 Å². The molecule has 4 aliphatic rings. The molecular weight excluding hydrogens is 788 g/mol. The number of aliphatic hydroxyl groups is 1. The van der Waals surface area contributed by atoms with Crippen LogP contribution in [0.25, 0.3) is 0 Å². The molecule has 0 amide bonds. The third kappa shape index (κ3) is 11.9. The first kappa shape index (κ1) is 40.6. The Morgan fingerprint density at radius 2 is 1.52 bits per heavy atom. The van der Waals surface area contributed by atoms with E-state index < -0.39 is 0 Å². The van der Waals surface area contributed by atoms with Crippen LogP contribution in [0.15, 0.2) is 36.4 Å². The van der Waals surface area contributed by atoms with Gasteiger partial charge in [0.05, 0.1) is 8.68 Å². The van der Waals surface area contributed by atoms with Crippen LogP contribution in [0.4, 0.5) is 5.82 Å². The average Bonchev–Trinajstić information content (AvgIpc) is 3.66. The number of rotatable bonds is 9. The molecule has 3 aliphatic heterocycles. The van der Waals surface area contributed by atoms with Gasteiger partial charge in [-0.3, -0.25) is 0 Å². The Bertz CT molecular complexity index is 1130. The molecule has 0 spiro atoms. The van der Waals surface area contributed by atoms with Crippen molar-refractivity contribution in [2.45, 2.75) is 106 Å². The van der Waals surface area contributed by atoms with Gasteiger partial charge in [-0.25, -0.2) is 13.6 Å². The van der Waals surface area contributed by atoms with Gasteiger partial charge in [0.2, 0.25) is 0 Å². The molecule has 1 saturated carbocycles. The number of anilines is 1. The topological polar surface area (TPSA) is 59.9 Å². The fourth-order valence-corrected chi connectivity index (χ4v) is 12.4. The number of piperidine rings is 2. The highest BCUT2D eigenvalue weighted by atomic mass is 79.9. The minimum Gasteiger partial charge on any atom is -0.400 e. The number of hydrogen-bond acceptors (Lipinski definition) is 9. The van der Waals surface area contributed by atoms with Crippen LogP contribution >= 0.6 is 78.7 Å². The van der Waals surface area contributed by atoms with Crippen LogP contribution in [-0.4, -0.2) is 71.4 Å². The summed E-state index contributed by atoms with van der Waals surface area (Å²) in [5.74, 6) is 3.84. The van der Waals surface area contributed by atoms with E-state index >= 15 is 0 Å². The highest BCUT2D eigenvalue weighted by molar-refractivity contribution is 9.11. The lowest BCUT2D eigenvalue weighted by Gasteiger charge is -2.34. The molecule has 0 aromatic carbocycles. The summed E-state index contributed by atoms with van der Waals surface area (Å²) in [6, 6.07) is 5.24. The van der Waals surface area contributed by atoms with Gasteiger partial charge < -0.3 is 14.8 Å². The Hall–Kier alpha value is 0.150. The van der Waals surface area contributed by atoms with Crippen molar-refractivity contribution in [3.05, 3.63) is 31.6 Å². The highest BCUT2D eigenvalue weighted by Crippen LogP contribution is 2.43. The molecule has 1 N–H and O–H groups in total. The number of hydrogen-bond donors (Lipinski definition) is 1. The molecule has 0 radical (unpaired) electrons. The molecule has 2 aromatic rings. The number of fused-ring (bicyclic) bond motifs is 1. The van der Waals surface area contributed by atoms with Crippen molar-refractivity contribution in [3.63, 3.8) is 0 Å². The van der Waals surface area contributed by atoms with Crippen molar-refractivity contribution in [1.29, 1.82) is 0 Å². The normalized spacial score (nSPS) is 22.5. The van der Waals surface area contributed by atoms with E-state index in [0.717, 1.165) is 63.1 Å². The molecule has 4 fully saturated rings. The molecule has 260 valence electrons. The van der Waals surface area contributed by atoms with E-state index in [1.807, 2.05) is 44.5 Å². The second-order valence-corrected chi connectivity index (χ2v) is 18.0. The van der Waals surface area contributed by atoms with E-state index in [4.69, 9.17) is 26.5 Å². The number of aliphatic hydroxyl groups excluding tert-OH is 1. The van der Waals surface area contributed by atoms with Crippen LogP contribution in [0.2, 0.25) is 4.34 Å². The lowest BCUT2D eigenvalue weighted by atomic mass is 9.86. The number of carbonyl (C=O) groups is 1. The SMILES string of the molecule is C=O.CC.CO.Clc1sc(SN2CCC(CCCC3CCN(c4ncc(SN5CCC6CCCCC65)cc4Br)CC3)CC2)cc1Br. The van der Waals surface area contributed by atoms with Gasteiger partial charge in [0.15, 0.2) is 0 Å². The van der Waals surface area contributed by atoms with Crippen LogP contribution in [-0.2, 0) is 4.79 Å². The van der Waals surface area contributed by atoms with Crippen LogP contribution in [0, 0.1) is 17.8 Å². The number of nitrogens with zero attached hydrogens (tertiary/aromatic N) is 4. The Labute approximate surface area is 312 Å².